The first-order valence-electron chi connectivity index (χ1n) is 6.31. The van der Waals surface area contributed by atoms with Gasteiger partial charge in [0, 0.05) is 26.6 Å². The van der Waals surface area contributed by atoms with Crippen LogP contribution in [0.4, 0.5) is 0 Å². The molecule has 2 amide bonds. The van der Waals surface area contributed by atoms with Crippen LogP contribution in [0.3, 0.4) is 0 Å². The topological polar surface area (TPSA) is 86.7 Å². The normalized spacial score (nSPS) is 18.1. The Morgan fingerprint density at radius 1 is 1.45 bits per heavy atom. The van der Waals surface area contributed by atoms with Gasteiger partial charge < -0.3 is 15.3 Å². The summed E-state index contributed by atoms with van der Waals surface area (Å²) in [6, 6.07) is 6.41. The molecule has 0 saturated carbocycles. The Morgan fingerprint density at radius 3 is 2.80 bits per heavy atom. The fraction of sp³-hybridized carbons (Fsp3) is 0.357. The zero-order valence-electron chi connectivity index (χ0n) is 11.1. The molecule has 1 aliphatic rings. The van der Waals surface area contributed by atoms with E-state index in [0.717, 1.165) is 5.56 Å². The average Bonchev–Trinajstić information content (AvgIpc) is 2.76. The van der Waals surface area contributed by atoms with Gasteiger partial charge in [0.1, 0.15) is 0 Å². The van der Waals surface area contributed by atoms with Crippen molar-refractivity contribution in [3.63, 3.8) is 0 Å². The summed E-state index contributed by atoms with van der Waals surface area (Å²) in [6.07, 6.45) is 0.234. The minimum atomic E-state index is -0.999. The Hall–Kier alpha value is -2.37. The minimum absolute atomic E-state index is 0.0296. The van der Waals surface area contributed by atoms with Crippen LogP contribution >= 0.6 is 0 Å². The summed E-state index contributed by atoms with van der Waals surface area (Å²) in [5, 5.41) is 11.6. The third-order valence-corrected chi connectivity index (χ3v) is 3.35. The van der Waals surface area contributed by atoms with Gasteiger partial charge in [-0.1, -0.05) is 12.1 Å². The highest BCUT2D eigenvalue weighted by Gasteiger charge is 2.31. The maximum atomic E-state index is 11.9. The van der Waals surface area contributed by atoms with Gasteiger partial charge in [0.2, 0.25) is 11.8 Å². The zero-order valence-corrected chi connectivity index (χ0v) is 11.1. The zero-order chi connectivity index (χ0) is 14.7. The number of carboxylic acid groups (broad SMARTS) is 1. The Balaban J connectivity index is 1.92. The van der Waals surface area contributed by atoms with Crippen molar-refractivity contribution in [2.75, 3.05) is 13.6 Å². The van der Waals surface area contributed by atoms with Gasteiger partial charge in [-0.05, 0) is 17.7 Å². The SMILES string of the molecule is CN1C[C@H](C(=O)NCc2cccc(C(=O)O)c2)CC1=O. The summed E-state index contributed by atoms with van der Waals surface area (Å²) in [5.41, 5.74) is 0.906. The summed E-state index contributed by atoms with van der Waals surface area (Å²) >= 11 is 0. The van der Waals surface area contributed by atoms with Crippen LogP contribution in [0.15, 0.2) is 24.3 Å². The summed E-state index contributed by atoms with van der Waals surface area (Å²) in [7, 11) is 1.67. The number of nitrogens with one attached hydrogen (secondary N) is 1. The maximum absolute atomic E-state index is 11.9. The van der Waals surface area contributed by atoms with Crippen molar-refractivity contribution in [3.05, 3.63) is 35.4 Å². The highest BCUT2D eigenvalue weighted by atomic mass is 16.4. The minimum Gasteiger partial charge on any atom is -0.478 e. The molecule has 1 atom stereocenters. The van der Waals surface area contributed by atoms with Gasteiger partial charge >= 0.3 is 5.97 Å². The van der Waals surface area contributed by atoms with Gasteiger partial charge in [0.15, 0.2) is 0 Å². The highest BCUT2D eigenvalue weighted by molar-refractivity contribution is 5.89. The van der Waals surface area contributed by atoms with E-state index in [9.17, 15) is 14.4 Å². The Kier molecular flexibility index (Phi) is 4.02. The molecule has 20 heavy (non-hydrogen) atoms. The van der Waals surface area contributed by atoms with Crippen molar-refractivity contribution in [3.8, 4) is 0 Å². The molecule has 0 radical (unpaired) electrons. The first-order chi connectivity index (χ1) is 9.47. The summed E-state index contributed by atoms with van der Waals surface area (Å²) in [4.78, 5) is 35.7. The van der Waals surface area contributed by atoms with Crippen molar-refractivity contribution >= 4 is 17.8 Å². The highest BCUT2D eigenvalue weighted by Crippen LogP contribution is 2.16. The molecule has 6 nitrogen and oxygen atoms in total. The third-order valence-electron chi connectivity index (χ3n) is 3.35. The number of rotatable bonds is 4. The number of amides is 2. The second kappa shape index (κ2) is 5.73. The largest absolute Gasteiger partial charge is 0.478 e. The van der Waals surface area contributed by atoms with Crippen LogP contribution in [0.2, 0.25) is 0 Å². The number of hydrogen-bond donors (Lipinski definition) is 2. The number of benzene rings is 1. The van der Waals surface area contributed by atoms with Crippen LogP contribution in [0.25, 0.3) is 0 Å². The first-order valence-corrected chi connectivity index (χ1v) is 6.31. The number of likely N-dealkylation sites (tertiary alicyclic amines) is 1. The second-order valence-electron chi connectivity index (χ2n) is 4.90. The van der Waals surface area contributed by atoms with Gasteiger partial charge in [-0.25, -0.2) is 4.79 Å². The maximum Gasteiger partial charge on any atom is 0.335 e. The molecule has 106 valence electrons. The van der Waals surface area contributed by atoms with Gasteiger partial charge in [-0.15, -0.1) is 0 Å². The lowest BCUT2D eigenvalue weighted by atomic mass is 10.1. The molecule has 1 aromatic carbocycles. The van der Waals surface area contributed by atoms with Crippen LogP contribution in [0, 0.1) is 5.92 Å². The first kappa shape index (κ1) is 14.0. The molecule has 2 rings (SSSR count). The Bertz CT molecular complexity index is 556. The number of nitrogens with zero attached hydrogens (tertiary/aromatic N) is 1. The van der Waals surface area contributed by atoms with Crippen molar-refractivity contribution in [2.45, 2.75) is 13.0 Å². The monoisotopic (exact) mass is 276 g/mol. The van der Waals surface area contributed by atoms with Crippen LogP contribution < -0.4 is 5.32 Å². The van der Waals surface area contributed by atoms with Crippen molar-refractivity contribution in [1.29, 1.82) is 0 Å². The van der Waals surface area contributed by atoms with Crippen molar-refractivity contribution < 1.29 is 19.5 Å². The summed E-state index contributed by atoms with van der Waals surface area (Å²) in [6.45, 7) is 0.689. The number of carboxylic acids is 1. The van der Waals surface area contributed by atoms with E-state index in [4.69, 9.17) is 5.11 Å². The van der Waals surface area contributed by atoms with E-state index < -0.39 is 5.97 Å². The number of carbonyl (C=O) groups is 3. The molecule has 1 aromatic rings. The number of carbonyl (C=O) groups excluding carboxylic acids is 2. The van der Waals surface area contributed by atoms with Gasteiger partial charge in [0.05, 0.1) is 11.5 Å². The van der Waals surface area contributed by atoms with Crippen LogP contribution in [0.1, 0.15) is 22.3 Å². The molecular formula is C14H16N2O4. The molecular weight excluding hydrogens is 260 g/mol. The average molecular weight is 276 g/mol. The van der Waals surface area contributed by atoms with E-state index in [0.29, 0.717) is 6.54 Å². The van der Waals surface area contributed by atoms with E-state index >= 15 is 0 Å². The quantitative estimate of drug-likeness (QED) is 0.837. The van der Waals surface area contributed by atoms with Crippen LogP contribution in [-0.2, 0) is 16.1 Å². The molecule has 2 N–H and O–H groups in total. The lowest BCUT2D eigenvalue weighted by Gasteiger charge is -2.11. The fourth-order valence-electron chi connectivity index (χ4n) is 2.19. The van der Waals surface area contributed by atoms with Gasteiger partial charge in [0.25, 0.3) is 0 Å². The fourth-order valence-corrected chi connectivity index (χ4v) is 2.19. The molecule has 0 spiro atoms. The molecule has 0 bridgehead atoms. The lowest BCUT2D eigenvalue weighted by Crippen LogP contribution is -2.31. The van der Waals surface area contributed by atoms with E-state index in [1.807, 2.05) is 0 Å². The van der Waals surface area contributed by atoms with Crippen LogP contribution in [-0.4, -0.2) is 41.4 Å². The smallest absolute Gasteiger partial charge is 0.335 e. The number of aromatic carboxylic acids is 1. The van der Waals surface area contributed by atoms with Gasteiger partial charge in [-0.2, -0.15) is 0 Å². The van der Waals surface area contributed by atoms with E-state index in [2.05, 4.69) is 5.32 Å². The molecule has 1 aliphatic heterocycles. The Labute approximate surface area is 116 Å². The standard InChI is InChI=1S/C14H16N2O4/c1-16-8-11(6-12(16)17)13(18)15-7-9-3-2-4-10(5-9)14(19)20/h2-5,11H,6-8H2,1H3,(H,15,18)(H,19,20)/t11-/m1/s1. The van der Waals surface area contributed by atoms with E-state index in [1.54, 1.807) is 19.2 Å². The molecule has 0 aromatic heterocycles. The van der Waals surface area contributed by atoms with E-state index in [1.165, 1.54) is 17.0 Å². The van der Waals surface area contributed by atoms with E-state index in [-0.39, 0.29) is 36.3 Å². The molecule has 1 fully saturated rings. The lowest BCUT2D eigenvalue weighted by molar-refractivity contribution is -0.128. The second-order valence-corrected chi connectivity index (χ2v) is 4.90. The molecule has 1 saturated heterocycles. The predicted octanol–water partition coefficient (Wildman–Crippen LogP) is 0.479. The van der Waals surface area contributed by atoms with Crippen LogP contribution in [0.5, 0.6) is 0 Å². The van der Waals surface area contributed by atoms with Crippen molar-refractivity contribution in [2.24, 2.45) is 5.92 Å². The number of hydrogen-bond acceptors (Lipinski definition) is 3. The predicted molar refractivity (Wildman–Crippen MR) is 71.0 cm³/mol. The van der Waals surface area contributed by atoms with Crippen molar-refractivity contribution in [1.82, 2.24) is 10.2 Å². The molecule has 6 heteroatoms. The molecule has 0 aliphatic carbocycles. The summed E-state index contributed by atoms with van der Waals surface area (Å²) < 4.78 is 0. The summed E-state index contributed by atoms with van der Waals surface area (Å²) in [5.74, 6) is -1.53. The van der Waals surface area contributed by atoms with Gasteiger partial charge in [-0.3, -0.25) is 9.59 Å². The molecule has 0 unspecified atom stereocenters. The third kappa shape index (κ3) is 3.14. The Morgan fingerprint density at radius 2 is 2.20 bits per heavy atom. The molecule has 1 heterocycles.